The van der Waals surface area contributed by atoms with Crippen molar-refractivity contribution in [1.29, 1.82) is 0 Å². The summed E-state index contributed by atoms with van der Waals surface area (Å²) in [5.74, 6) is 0. The van der Waals surface area contributed by atoms with Gasteiger partial charge in [-0.1, -0.05) is 90.4 Å². The summed E-state index contributed by atoms with van der Waals surface area (Å²) >= 11 is 0. The molecule has 0 bridgehead atoms. The van der Waals surface area contributed by atoms with E-state index >= 15 is 0 Å². The molecular weight excluding hydrogens is 421 g/mol. The molecule has 8 nitrogen and oxygen atoms in total. The van der Waals surface area contributed by atoms with Gasteiger partial charge in [-0.05, 0) is 6.42 Å². The number of phosphoric acid groups is 1. The predicted molar refractivity (Wildman–Crippen MR) is 122 cm³/mol. The Balaban J connectivity index is 0. The van der Waals surface area contributed by atoms with Crippen LogP contribution < -0.4 is 9.79 Å². The van der Waals surface area contributed by atoms with E-state index in [1.165, 1.54) is 70.6 Å². The lowest BCUT2D eigenvalue weighted by Crippen LogP contribution is -2.32. The fourth-order valence-electron chi connectivity index (χ4n) is 3.23. The number of hydrogen-bond acceptors (Lipinski definition) is 8. The fourth-order valence-corrected chi connectivity index (χ4v) is 3.59. The fraction of sp³-hybridized carbons (Fsp3) is 1.00. The van der Waals surface area contributed by atoms with Crippen molar-refractivity contribution in [1.82, 2.24) is 4.90 Å². The molecule has 0 unspecified atom stereocenters. The van der Waals surface area contributed by atoms with Crippen molar-refractivity contribution in [2.45, 2.75) is 96.8 Å². The molecule has 0 spiro atoms. The Morgan fingerprint density at radius 3 is 1.26 bits per heavy atom. The molecule has 0 saturated heterocycles. The van der Waals surface area contributed by atoms with E-state index < -0.39 is 7.82 Å². The highest BCUT2D eigenvalue weighted by atomic mass is 31.2. The Bertz CT molecular complexity index is 369. The maximum absolute atomic E-state index is 10.2. The topological polar surface area (TPSA) is 136 Å². The van der Waals surface area contributed by atoms with Crippen molar-refractivity contribution >= 4 is 7.82 Å². The highest BCUT2D eigenvalue weighted by Gasteiger charge is 2.00. The standard InChI is InChI=1S/C16H35O4P.C6H15NO3/c1-2-3-4-5-6-7-8-9-10-11-12-13-14-15-16-20-21(17,18)19;8-4-1-7(2-5-9)3-6-10/h2-16H2,1H3,(H2,17,18,19);8-10H,1-6H2/p-2. The van der Waals surface area contributed by atoms with Crippen LogP contribution in [0.1, 0.15) is 96.8 Å². The highest BCUT2D eigenvalue weighted by Crippen LogP contribution is 2.24. The van der Waals surface area contributed by atoms with E-state index in [1.807, 2.05) is 0 Å². The lowest BCUT2D eigenvalue weighted by molar-refractivity contribution is -0.341. The summed E-state index contributed by atoms with van der Waals surface area (Å²) < 4.78 is 14.4. The summed E-state index contributed by atoms with van der Waals surface area (Å²) in [6.45, 7) is 4.05. The number of aliphatic hydroxyl groups excluding tert-OH is 3. The van der Waals surface area contributed by atoms with E-state index in [0.717, 1.165) is 12.8 Å². The van der Waals surface area contributed by atoms with Crippen molar-refractivity contribution < 1.29 is 34.2 Å². The molecule has 0 atom stereocenters. The van der Waals surface area contributed by atoms with Gasteiger partial charge in [-0.15, -0.1) is 0 Å². The van der Waals surface area contributed by atoms with Crippen LogP contribution in [0.2, 0.25) is 0 Å². The molecule has 0 aliphatic carbocycles. The Labute approximate surface area is 190 Å². The number of phosphoric ester groups is 1. The van der Waals surface area contributed by atoms with Crippen molar-refractivity contribution in [2.24, 2.45) is 0 Å². The first kappa shape index (κ1) is 33.1. The van der Waals surface area contributed by atoms with Gasteiger partial charge in [-0.3, -0.25) is 4.90 Å². The number of unbranched alkanes of at least 4 members (excludes halogenated alkanes) is 13. The van der Waals surface area contributed by atoms with Gasteiger partial charge in [-0.25, -0.2) is 0 Å². The van der Waals surface area contributed by atoms with Crippen molar-refractivity contribution in [3.05, 3.63) is 0 Å². The Morgan fingerprint density at radius 2 is 0.968 bits per heavy atom. The van der Waals surface area contributed by atoms with E-state index in [0.29, 0.717) is 26.1 Å². The Kier molecular flexibility index (Phi) is 28.0. The van der Waals surface area contributed by atoms with Gasteiger partial charge in [0.2, 0.25) is 0 Å². The number of hydrogen-bond donors (Lipinski definition) is 3. The first-order valence-electron chi connectivity index (χ1n) is 12.1. The predicted octanol–water partition coefficient (Wildman–Crippen LogP) is 2.58. The molecule has 0 rings (SSSR count). The van der Waals surface area contributed by atoms with Crippen LogP contribution in [0.4, 0.5) is 0 Å². The molecule has 0 fully saturated rings. The van der Waals surface area contributed by atoms with Gasteiger partial charge in [0.05, 0.1) is 34.3 Å². The minimum Gasteiger partial charge on any atom is -0.790 e. The number of aliphatic hydroxyl groups is 3. The van der Waals surface area contributed by atoms with Gasteiger partial charge in [0.1, 0.15) is 0 Å². The van der Waals surface area contributed by atoms with Crippen LogP contribution in [0.3, 0.4) is 0 Å². The van der Waals surface area contributed by atoms with E-state index in [9.17, 15) is 14.4 Å². The van der Waals surface area contributed by atoms with Gasteiger partial charge >= 0.3 is 0 Å². The van der Waals surface area contributed by atoms with Gasteiger partial charge in [0, 0.05) is 19.6 Å². The van der Waals surface area contributed by atoms with E-state index in [4.69, 9.17) is 15.3 Å². The van der Waals surface area contributed by atoms with Crippen LogP contribution >= 0.6 is 7.82 Å². The third-order valence-corrected chi connectivity index (χ3v) is 5.49. The molecule has 0 aliphatic rings. The van der Waals surface area contributed by atoms with Crippen LogP contribution in [0, 0.1) is 0 Å². The molecule has 0 radical (unpaired) electrons. The van der Waals surface area contributed by atoms with Gasteiger partial charge < -0.3 is 34.2 Å². The van der Waals surface area contributed by atoms with E-state index in [2.05, 4.69) is 11.4 Å². The summed E-state index contributed by atoms with van der Waals surface area (Å²) in [6, 6.07) is 0. The van der Waals surface area contributed by atoms with Gasteiger partial charge in [-0.2, -0.15) is 0 Å². The highest BCUT2D eigenvalue weighted by molar-refractivity contribution is 7.43. The van der Waals surface area contributed by atoms with Crippen LogP contribution in [-0.2, 0) is 9.09 Å². The second kappa shape index (κ2) is 26.2. The molecular formula is C22H48NO7P-2. The molecule has 0 aromatic rings. The molecule has 190 valence electrons. The zero-order chi connectivity index (χ0) is 23.6. The lowest BCUT2D eigenvalue weighted by Gasteiger charge is -2.28. The molecule has 0 heterocycles. The summed E-state index contributed by atoms with van der Waals surface area (Å²) in [5, 5.41) is 25.5. The van der Waals surface area contributed by atoms with Crippen LogP contribution in [-0.4, -0.2) is 66.3 Å². The molecule has 0 aliphatic heterocycles. The second-order valence-corrected chi connectivity index (χ2v) is 9.04. The zero-order valence-corrected chi connectivity index (χ0v) is 20.6. The molecule has 0 amide bonds. The third kappa shape index (κ3) is 32.2. The zero-order valence-electron chi connectivity index (χ0n) is 19.7. The maximum atomic E-state index is 10.2. The Hall–Kier alpha value is -0.0500. The van der Waals surface area contributed by atoms with Gasteiger partial charge in [0.15, 0.2) is 0 Å². The lowest BCUT2D eigenvalue weighted by atomic mass is 10.0. The first-order valence-corrected chi connectivity index (χ1v) is 13.6. The summed E-state index contributed by atoms with van der Waals surface area (Å²) in [4.78, 5) is 22.2. The molecule has 0 aromatic carbocycles. The van der Waals surface area contributed by atoms with E-state index in [-0.39, 0.29) is 26.4 Å². The molecule has 31 heavy (non-hydrogen) atoms. The van der Waals surface area contributed by atoms with Crippen LogP contribution in [0.5, 0.6) is 0 Å². The molecule has 9 heteroatoms. The minimum absolute atomic E-state index is 0.0440. The summed E-state index contributed by atoms with van der Waals surface area (Å²) in [6.07, 6.45) is 17.4. The van der Waals surface area contributed by atoms with Crippen LogP contribution in [0.15, 0.2) is 0 Å². The normalized spacial score (nSPS) is 11.6. The quantitative estimate of drug-likeness (QED) is 0.163. The smallest absolute Gasteiger partial charge is 0.0596 e. The van der Waals surface area contributed by atoms with Gasteiger partial charge in [0.25, 0.3) is 0 Å². The van der Waals surface area contributed by atoms with E-state index in [1.54, 1.807) is 4.90 Å². The number of nitrogens with zero attached hydrogens (tertiary/aromatic N) is 1. The summed E-state index contributed by atoms with van der Waals surface area (Å²) in [7, 11) is -4.75. The second-order valence-electron chi connectivity index (χ2n) is 7.89. The first-order chi connectivity index (χ1) is 14.9. The Morgan fingerprint density at radius 1 is 0.645 bits per heavy atom. The average molecular weight is 470 g/mol. The molecule has 0 aromatic heterocycles. The summed E-state index contributed by atoms with van der Waals surface area (Å²) in [5.41, 5.74) is 0. The van der Waals surface area contributed by atoms with Crippen molar-refractivity contribution in [3.8, 4) is 0 Å². The van der Waals surface area contributed by atoms with Crippen molar-refractivity contribution in [3.63, 3.8) is 0 Å². The molecule has 0 saturated carbocycles. The van der Waals surface area contributed by atoms with Crippen molar-refractivity contribution in [2.75, 3.05) is 46.1 Å². The third-order valence-electron chi connectivity index (χ3n) is 5.00. The molecule has 3 N–H and O–H groups in total. The maximum Gasteiger partial charge on any atom is 0.0596 e. The SMILES string of the molecule is CCCCCCCCCCCCCCCCOP(=O)([O-])[O-].OCCN(CCO)CCO. The average Bonchev–Trinajstić information content (AvgIpc) is 2.71. The number of rotatable bonds is 22. The largest absolute Gasteiger partial charge is 0.790 e. The van der Waals surface area contributed by atoms with Crippen LogP contribution in [0.25, 0.3) is 0 Å². The minimum atomic E-state index is -4.75. The monoisotopic (exact) mass is 469 g/mol.